The molecule has 0 unspecified atom stereocenters. The van der Waals surface area contributed by atoms with Gasteiger partial charge in [-0.05, 0) is 44.0 Å². The number of rotatable bonds is 4. The lowest BCUT2D eigenvalue weighted by Crippen LogP contribution is -2.42. The molecule has 18 heavy (non-hydrogen) atoms. The molecule has 1 heterocycles. The van der Waals surface area contributed by atoms with Crippen LogP contribution in [0.3, 0.4) is 0 Å². The van der Waals surface area contributed by atoms with Gasteiger partial charge in [0, 0.05) is 16.9 Å². The van der Waals surface area contributed by atoms with Gasteiger partial charge >= 0.3 is 0 Å². The fourth-order valence-electron chi connectivity index (χ4n) is 2.22. The Morgan fingerprint density at radius 3 is 2.78 bits per heavy atom. The molecular weight excluding hydrogens is 292 g/mol. The average molecular weight is 311 g/mol. The number of hydrogen-bond acceptors (Lipinski definition) is 2. The van der Waals surface area contributed by atoms with Crippen molar-refractivity contribution < 1.29 is 4.79 Å². The lowest BCUT2D eigenvalue weighted by atomic mass is 10.1. The Morgan fingerprint density at radius 2 is 2.06 bits per heavy atom. The molecule has 4 heteroatoms. The molecule has 0 aliphatic carbocycles. The molecule has 1 amide bonds. The summed E-state index contributed by atoms with van der Waals surface area (Å²) in [6.45, 7) is 2.02. The Balaban J connectivity index is 1.76. The highest BCUT2D eigenvalue weighted by Crippen LogP contribution is 2.17. The Morgan fingerprint density at radius 1 is 1.33 bits per heavy atom. The maximum absolute atomic E-state index is 11.8. The van der Waals surface area contributed by atoms with Crippen LogP contribution in [0.15, 0.2) is 28.7 Å². The van der Waals surface area contributed by atoms with E-state index in [1.54, 1.807) is 0 Å². The molecule has 3 nitrogen and oxygen atoms in total. The minimum Gasteiger partial charge on any atom is -0.353 e. The standard InChI is InChI=1S/C14H19BrN2O/c15-13-4-2-1-3-11(13)5-6-14(18)17-12-7-9-16-10-8-12/h1-4,12,16H,5-10H2,(H,17,18). The van der Waals surface area contributed by atoms with Gasteiger partial charge in [-0.1, -0.05) is 34.1 Å². The first-order chi connectivity index (χ1) is 8.75. The van der Waals surface area contributed by atoms with Crippen LogP contribution in [0.25, 0.3) is 0 Å². The van der Waals surface area contributed by atoms with E-state index in [0.29, 0.717) is 12.5 Å². The Labute approximate surface area is 116 Å². The van der Waals surface area contributed by atoms with Crippen molar-refractivity contribution in [1.29, 1.82) is 0 Å². The molecular formula is C14H19BrN2O. The molecule has 0 aromatic heterocycles. The summed E-state index contributed by atoms with van der Waals surface area (Å²) in [6.07, 6.45) is 3.44. The van der Waals surface area contributed by atoms with Gasteiger partial charge in [-0.2, -0.15) is 0 Å². The summed E-state index contributed by atoms with van der Waals surface area (Å²) in [4.78, 5) is 11.8. The minimum absolute atomic E-state index is 0.164. The number of hydrogen-bond donors (Lipinski definition) is 2. The van der Waals surface area contributed by atoms with Gasteiger partial charge in [-0.25, -0.2) is 0 Å². The molecule has 0 radical (unpaired) electrons. The van der Waals surface area contributed by atoms with Gasteiger partial charge in [0.15, 0.2) is 0 Å². The van der Waals surface area contributed by atoms with Gasteiger partial charge in [-0.15, -0.1) is 0 Å². The van der Waals surface area contributed by atoms with Gasteiger partial charge in [-0.3, -0.25) is 4.79 Å². The fourth-order valence-corrected chi connectivity index (χ4v) is 2.70. The summed E-state index contributed by atoms with van der Waals surface area (Å²) >= 11 is 3.50. The van der Waals surface area contributed by atoms with Crippen molar-refractivity contribution in [3.63, 3.8) is 0 Å². The molecule has 0 atom stereocenters. The Hall–Kier alpha value is -0.870. The van der Waals surface area contributed by atoms with Crippen LogP contribution < -0.4 is 10.6 Å². The van der Waals surface area contributed by atoms with Crippen molar-refractivity contribution in [2.75, 3.05) is 13.1 Å². The molecule has 1 saturated heterocycles. The van der Waals surface area contributed by atoms with E-state index in [1.807, 2.05) is 18.2 Å². The highest BCUT2D eigenvalue weighted by molar-refractivity contribution is 9.10. The summed E-state index contributed by atoms with van der Waals surface area (Å²) < 4.78 is 1.08. The lowest BCUT2D eigenvalue weighted by Gasteiger charge is -2.23. The number of aryl methyl sites for hydroxylation is 1. The predicted octanol–water partition coefficient (Wildman–Crippen LogP) is 2.25. The second-order valence-electron chi connectivity index (χ2n) is 4.68. The number of nitrogens with one attached hydrogen (secondary N) is 2. The molecule has 2 rings (SSSR count). The van der Waals surface area contributed by atoms with Crippen LogP contribution >= 0.6 is 15.9 Å². The van der Waals surface area contributed by atoms with Crippen molar-refractivity contribution in [1.82, 2.24) is 10.6 Å². The van der Waals surface area contributed by atoms with Crippen LogP contribution in [0.5, 0.6) is 0 Å². The van der Waals surface area contributed by atoms with Crippen molar-refractivity contribution in [2.45, 2.75) is 31.7 Å². The molecule has 0 saturated carbocycles. The van der Waals surface area contributed by atoms with Crippen molar-refractivity contribution in [3.8, 4) is 0 Å². The third-order valence-electron chi connectivity index (χ3n) is 3.28. The highest BCUT2D eigenvalue weighted by Gasteiger charge is 2.15. The van der Waals surface area contributed by atoms with E-state index in [0.717, 1.165) is 36.8 Å². The Kier molecular flexibility index (Phi) is 5.20. The first-order valence-corrected chi connectivity index (χ1v) is 7.28. The second kappa shape index (κ2) is 6.90. The normalized spacial score (nSPS) is 16.5. The molecule has 2 N–H and O–H groups in total. The molecule has 98 valence electrons. The summed E-state index contributed by atoms with van der Waals surface area (Å²) in [6, 6.07) is 8.42. The van der Waals surface area contributed by atoms with Crippen LogP contribution in [0, 0.1) is 0 Å². The zero-order valence-electron chi connectivity index (χ0n) is 10.4. The molecule has 1 aromatic carbocycles. The van der Waals surface area contributed by atoms with E-state index in [2.05, 4.69) is 32.6 Å². The fraction of sp³-hybridized carbons (Fsp3) is 0.500. The zero-order valence-corrected chi connectivity index (χ0v) is 12.0. The van der Waals surface area contributed by atoms with Crippen LogP contribution in [-0.2, 0) is 11.2 Å². The average Bonchev–Trinajstić information content (AvgIpc) is 2.39. The monoisotopic (exact) mass is 310 g/mol. The van der Waals surface area contributed by atoms with E-state index in [1.165, 1.54) is 5.56 Å². The van der Waals surface area contributed by atoms with Crippen molar-refractivity contribution >= 4 is 21.8 Å². The number of piperidine rings is 1. The number of carbonyl (C=O) groups is 1. The Bertz CT molecular complexity index is 403. The van der Waals surface area contributed by atoms with Crippen molar-refractivity contribution in [2.24, 2.45) is 0 Å². The van der Waals surface area contributed by atoms with E-state index >= 15 is 0 Å². The SMILES string of the molecule is O=C(CCc1ccccc1Br)NC1CCNCC1. The molecule has 1 aliphatic heterocycles. The summed E-state index contributed by atoms with van der Waals surface area (Å²) in [5, 5.41) is 6.41. The van der Waals surface area contributed by atoms with Crippen molar-refractivity contribution in [3.05, 3.63) is 34.3 Å². The van der Waals surface area contributed by atoms with Gasteiger partial charge in [0.1, 0.15) is 0 Å². The molecule has 1 aliphatic rings. The third-order valence-corrected chi connectivity index (χ3v) is 4.06. The molecule has 1 fully saturated rings. The van der Waals surface area contributed by atoms with Gasteiger partial charge in [0.25, 0.3) is 0 Å². The number of halogens is 1. The largest absolute Gasteiger partial charge is 0.353 e. The first kappa shape index (κ1) is 13.6. The lowest BCUT2D eigenvalue weighted by molar-refractivity contribution is -0.121. The van der Waals surface area contributed by atoms with Gasteiger partial charge in [0.2, 0.25) is 5.91 Å². The minimum atomic E-state index is 0.164. The van der Waals surface area contributed by atoms with E-state index < -0.39 is 0 Å². The van der Waals surface area contributed by atoms with Crippen LogP contribution in [0.2, 0.25) is 0 Å². The van der Waals surface area contributed by atoms with Crippen LogP contribution in [0.4, 0.5) is 0 Å². The maximum atomic E-state index is 11.8. The van der Waals surface area contributed by atoms with Crippen LogP contribution in [0.1, 0.15) is 24.8 Å². The number of benzene rings is 1. The summed E-state index contributed by atoms with van der Waals surface area (Å²) in [5.41, 5.74) is 1.19. The maximum Gasteiger partial charge on any atom is 0.220 e. The molecule has 0 bridgehead atoms. The zero-order chi connectivity index (χ0) is 12.8. The quantitative estimate of drug-likeness (QED) is 0.895. The summed E-state index contributed by atoms with van der Waals surface area (Å²) in [5.74, 6) is 0.164. The first-order valence-electron chi connectivity index (χ1n) is 6.49. The summed E-state index contributed by atoms with van der Waals surface area (Å²) in [7, 11) is 0. The van der Waals surface area contributed by atoms with Crippen LogP contribution in [-0.4, -0.2) is 25.0 Å². The van der Waals surface area contributed by atoms with Gasteiger partial charge in [0.05, 0.1) is 0 Å². The van der Waals surface area contributed by atoms with E-state index in [4.69, 9.17) is 0 Å². The molecule has 1 aromatic rings. The predicted molar refractivity (Wildman–Crippen MR) is 76.5 cm³/mol. The topological polar surface area (TPSA) is 41.1 Å². The molecule has 0 spiro atoms. The van der Waals surface area contributed by atoms with Gasteiger partial charge < -0.3 is 10.6 Å². The highest BCUT2D eigenvalue weighted by atomic mass is 79.9. The number of carbonyl (C=O) groups excluding carboxylic acids is 1. The number of amides is 1. The van der Waals surface area contributed by atoms with E-state index in [9.17, 15) is 4.79 Å². The smallest absolute Gasteiger partial charge is 0.220 e. The van der Waals surface area contributed by atoms with E-state index in [-0.39, 0.29) is 5.91 Å². The second-order valence-corrected chi connectivity index (χ2v) is 5.54. The third kappa shape index (κ3) is 4.10.